The van der Waals surface area contributed by atoms with Crippen LogP contribution in [0.15, 0.2) is 58.4 Å². The van der Waals surface area contributed by atoms with Gasteiger partial charge >= 0.3 is 0 Å². The number of aromatic nitrogens is 1. The molecule has 94 valence electrons. The van der Waals surface area contributed by atoms with Gasteiger partial charge in [0.25, 0.3) is 0 Å². The highest BCUT2D eigenvalue weighted by Crippen LogP contribution is 2.32. The fourth-order valence-corrected chi connectivity index (χ4v) is 3.13. The molecule has 0 atom stereocenters. The molecule has 0 unspecified atom stereocenters. The van der Waals surface area contributed by atoms with E-state index in [9.17, 15) is 4.39 Å². The number of hydrogen-bond acceptors (Lipinski definition) is 2. The van der Waals surface area contributed by atoms with Crippen molar-refractivity contribution in [3.8, 4) is 21.8 Å². The molecule has 0 aliphatic rings. The van der Waals surface area contributed by atoms with Crippen molar-refractivity contribution < 1.29 is 4.39 Å². The van der Waals surface area contributed by atoms with Crippen LogP contribution in [0.4, 0.5) is 4.39 Å². The topological polar surface area (TPSA) is 12.9 Å². The minimum atomic E-state index is -0.241. The molecule has 2 aromatic carbocycles. The van der Waals surface area contributed by atoms with Crippen molar-refractivity contribution in [1.82, 2.24) is 4.98 Å². The van der Waals surface area contributed by atoms with Crippen LogP contribution in [0, 0.1) is 5.82 Å². The standard InChI is InChI=1S/C15H9BrFNS/c16-13-7-2-1-6-12(13)14-9-19-15(18-14)10-4-3-5-11(17)8-10/h1-9H. The van der Waals surface area contributed by atoms with Gasteiger partial charge in [-0.3, -0.25) is 0 Å². The van der Waals surface area contributed by atoms with Gasteiger partial charge in [-0.2, -0.15) is 0 Å². The Morgan fingerprint density at radius 2 is 1.89 bits per heavy atom. The van der Waals surface area contributed by atoms with Gasteiger partial charge < -0.3 is 0 Å². The van der Waals surface area contributed by atoms with Crippen LogP contribution in [-0.4, -0.2) is 4.98 Å². The average molecular weight is 334 g/mol. The molecule has 4 heteroatoms. The molecule has 0 saturated heterocycles. The van der Waals surface area contributed by atoms with Crippen LogP contribution in [0.2, 0.25) is 0 Å². The molecule has 3 rings (SSSR count). The molecule has 0 aliphatic heterocycles. The Morgan fingerprint density at radius 3 is 2.68 bits per heavy atom. The third kappa shape index (κ3) is 2.60. The van der Waals surface area contributed by atoms with Gasteiger partial charge in [0.15, 0.2) is 0 Å². The van der Waals surface area contributed by atoms with Crippen LogP contribution in [0.5, 0.6) is 0 Å². The summed E-state index contributed by atoms with van der Waals surface area (Å²) in [6, 6.07) is 14.4. The summed E-state index contributed by atoms with van der Waals surface area (Å²) in [7, 11) is 0. The fourth-order valence-electron chi connectivity index (χ4n) is 1.82. The first kappa shape index (κ1) is 12.5. The summed E-state index contributed by atoms with van der Waals surface area (Å²) in [5.41, 5.74) is 2.75. The van der Waals surface area contributed by atoms with E-state index in [0.29, 0.717) is 0 Å². The molecule has 1 heterocycles. The van der Waals surface area contributed by atoms with E-state index in [1.165, 1.54) is 23.5 Å². The Bertz CT molecular complexity index is 723. The zero-order valence-electron chi connectivity index (χ0n) is 9.81. The van der Waals surface area contributed by atoms with Crippen LogP contribution >= 0.6 is 27.3 Å². The lowest BCUT2D eigenvalue weighted by Gasteiger charge is -1.99. The Labute approximate surface area is 122 Å². The van der Waals surface area contributed by atoms with Crippen molar-refractivity contribution in [2.24, 2.45) is 0 Å². The van der Waals surface area contributed by atoms with Crippen molar-refractivity contribution >= 4 is 27.3 Å². The monoisotopic (exact) mass is 333 g/mol. The molecular formula is C15H9BrFNS. The molecule has 0 fully saturated rings. The smallest absolute Gasteiger partial charge is 0.124 e. The number of benzene rings is 2. The largest absolute Gasteiger partial charge is 0.236 e. The molecule has 19 heavy (non-hydrogen) atoms. The highest BCUT2D eigenvalue weighted by Gasteiger charge is 2.09. The number of rotatable bonds is 2. The first-order valence-corrected chi connectivity index (χ1v) is 7.38. The van der Waals surface area contributed by atoms with Crippen LogP contribution in [0.1, 0.15) is 0 Å². The van der Waals surface area contributed by atoms with Gasteiger partial charge in [-0.1, -0.05) is 46.3 Å². The SMILES string of the molecule is Fc1cccc(-c2nc(-c3ccccc3Br)cs2)c1. The van der Waals surface area contributed by atoms with Crippen molar-refractivity contribution in [2.75, 3.05) is 0 Å². The Morgan fingerprint density at radius 1 is 1.05 bits per heavy atom. The maximum atomic E-state index is 13.2. The molecule has 0 amide bonds. The predicted octanol–water partition coefficient (Wildman–Crippen LogP) is 5.38. The van der Waals surface area contributed by atoms with E-state index in [2.05, 4.69) is 20.9 Å². The molecule has 0 N–H and O–H groups in total. The number of thiazole rings is 1. The Balaban J connectivity index is 2.03. The van der Waals surface area contributed by atoms with E-state index in [-0.39, 0.29) is 5.82 Å². The van der Waals surface area contributed by atoms with Crippen LogP contribution in [0.25, 0.3) is 21.8 Å². The highest BCUT2D eigenvalue weighted by atomic mass is 79.9. The summed E-state index contributed by atoms with van der Waals surface area (Å²) in [6.45, 7) is 0. The molecule has 0 radical (unpaired) electrons. The van der Waals surface area contributed by atoms with E-state index in [4.69, 9.17) is 0 Å². The van der Waals surface area contributed by atoms with E-state index in [1.807, 2.05) is 35.7 Å². The van der Waals surface area contributed by atoms with E-state index in [1.54, 1.807) is 6.07 Å². The third-order valence-electron chi connectivity index (χ3n) is 2.73. The summed E-state index contributed by atoms with van der Waals surface area (Å²) in [6.07, 6.45) is 0. The van der Waals surface area contributed by atoms with E-state index >= 15 is 0 Å². The van der Waals surface area contributed by atoms with Crippen molar-refractivity contribution in [3.05, 3.63) is 64.2 Å². The third-order valence-corrected chi connectivity index (χ3v) is 4.31. The summed E-state index contributed by atoms with van der Waals surface area (Å²) in [5.74, 6) is -0.241. The van der Waals surface area contributed by atoms with E-state index in [0.717, 1.165) is 26.3 Å². The fraction of sp³-hybridized carbons (Fsp3) is 0. The molecule has 1 nitrogen and oxygen atoms in total. The van der Waals surface area contributed by atoms with E-state index < -0.39 is 0 Å². The quantitative estimate of drug-likeness (QED) is 0.613. The minimum Gasteiger partial charge on any atom is -0.236 e. The maximum absolute atomic E-state index is 13.2. The lowest BCUT2D eigenvalue weighted by atomic mass is 10.2. The molecular weight excluding hydrogens is 325 g/mol. The lowest BCUT2D eigenvalue weighted by molar-refractivity contribution is 0.628. The van der Waals surface area contributed by atoms with Gasteiger partial charge in [0.05, 0.1) is 5.69 Å². The first-order valence-electron chi connectivity index (χ1n) is 5.70. The minimum absolute atomic E-state index is 0.241. The summed E-state index contributed by atoms with van der Waals surface area (Å²) in [5, 5.41) is 2.81. The zero-order chi connectivity index (χ0) is 13.2. The van der Waals surface area contributed by atoms with Crippen molar-refractivity contribution in [3.63, 3.8) is 0 Å². The molecule has 0 saturated carbocycles. The molecule has 0 spiro atoms. The Kier molecular flexibility index (Phi) is 3.44. The normalized spacial score (nSPS) is 10.6. The predicted molar refractivity (Wildman–Crippen MR) is 80.6 cm³/mol. The molecule has 3 aromatic rings. The van der Waals surface area contributed by atoms with Crippen molar-refractivity contribution in [1.29, 1.82) is 0 Å². The molecule has 0 bridgehead atoms. The Hall–Kier alpha value is -1.52. The van der Waals surface area contributed by atoms with Gasteiger partial charge in [0, 0.05) is 21.0 Å². The van der Waals surface area contributed by atoms with Crippen LogP contribution < -0.4 is 0 Å². The van der Waals surface area contributed by atoms with Gasteiger partial charge in [-0.05, 0) is 18.2 Å². The highest BCUT2D eigenvalue weighted by molar-refractivity contribution is 9.10. The summed E-state index contributed by atoms with van der Waals surface area (Å²) < 4.78 is 14.2. The number of halogens is 2. The zero-order valence-corrected chi connectivity index (χ0v) is 12.2. The molecule has 1 aromatic heterocycles. The number of nitrogens with zero attached hydrogens (tertiary/aromatic N) is 1. The number of hydrogen-bond donors (Lipinski definition) is 0. The van der Waals surface area contributed by atoms with Gasteiger partial charge in [-0.15, -0.1) is 11.3 Å². The maximum Gasteiger partial charge on any atom is 0.124 e. The second kappa shape index (κ2) is 5.23. The second-order valence-corrected chi connectivity index (χ2v) is 5.74. The second-order valence-electron chi connectivity index (χ2n) is 4.03. The summed E-state index contributed by atoms with van der Waals surface area (Å²) in [4.78, 5) is 4.57. The lowest BCUT2D eigenvalue weighted by Crippen LogP contribution is -1.81. The summed E-state index contributed by atoms with van der Waals surface area (Å²) >= 11 is 5.03. The average Bonchev–Trinajstić information content (AvgIpc) is 2.89. The first-order chi connectivity index (χ1) is 9.24. The van der Waals surface area contributed by atoms with Crippen molar-refractivity contribution in [2.45, 2.75) is 0 Å². The van der Waals surface area contributed by atoms with Gasteiger partial charge in [-0.25, -0.2) is 9.37 Å². The van der Waals surface area contributed by atoms with Crippen LogP contribution in [-0.2, 0) is 0 Å². The van der Waals surface area contributed by atoms with Gasteiger partial charge in [0.1, 0.15) is 10.8 Å². The molecule has 0 aliphatic carbocycles. The van der Waals surface area contributed by atoms with Gasteiger partial charge in [0.2, 0.25) is 0 Å². The van der Waals surface area contributed by atoms with Crippen LogP contribution in [0.3, 0.4) is 0 Å².